The van der Waals surface area contributed by atoms with E-state index in [9.17, 15) is 18.0 Å². The van der Waals surface area contributed by atoms with Gasteiger partial charge in [-0.1, -0.05) is 17.7 Å². The Morgan fingerprint density at radius 1 is 1.14 bits per heavy atom. The zero-order valence-corrected chi connectivity index (χ0v) is 15.8. The summed E-state index contributed by atoms with van der Waals surface area (Å²) in [6.07, 6.45) is -0.572. The van der Waals surface area contributed by atoms with Crippen LogP contribution in [0.2, 0.25) is 5.02 Å². The smallest absolute Gasteiger partial charge is 0.297 e. The van der Waals surface area contributed by atoms with E-state index < -0.39 is 11.7 Å². The Hall–Kier alpha value is -2.87. The maximum absolute atomic E-state index is 13.1. The molecule has 1 fully saturated rings. The molecule has 150 valence electrons. The summed E-state index contributed by atoms with van der Waals surface area (Å²) in [5, 5.41) is 6.76. The number of carbonyl (C=O) groups excluding carboxylic acids is 1. The average molecular weight is 421 g/mol. The molecule has 1 aliphatic heterocycles. The van der Waals surface area contributed by atoms with E-state index in [4.69, 9.17) is 11.6 Å². The number of nitrogens with one attached hydrogen (secondary N) is 1. The van der Waals surface area contributed by atoms with Gasteiger partial charge >= 0.3 is 6.18 Å². The van der Waals surface area contributed by atoms with Crippen molar-refractivity contribution in [1.82, 2.24) is 15.2 Å². The lowest BCUT2D eigenvalue weighted by Crippen LogP contribution is -2.38. The Morgan fingerprint density at radius 2 is 1.90 bits per heavy atom. The molecule has 1 atom stereocenters. The fraction of sp³-hybridized carbons (Fsp3) is 0.250. The summed E-state index contributed by atoms with van der Waals surface area (Å²) in [6, 6.07) is 9.25. The van der Waals surface area contributed by atoms with Crippen molar-refractivity contribution in [3.8, 4) is 11.3 Å². The zero-order chi connectivity index (χ0) is 20.6. The molecule has 1 N–H and O–H groups in total. The Morgan fingerprint density at radius 3 is 2.59 bits per heavy atom. The third kappa shape index (κ3) is 3.98. The topological polar surface area (TPSA) is 61.9 Å². The summed E-state index contributed by atoms with van der Waals surface area (Å²) in [5.74, 6) is 0.0988. The molecule has 1 amide bonds. The summed E-state index contributed by atoms with van der Waals surface area (Å²) in [4.78, 5) is 18.2. The van der Waals surface area contributed by atoms with Crippen LogP contribution in [0.25, 0.3) is 11.3 Å². The van der Waals surface area contributed by atoms with Crippen LogP contribution in [0, 0.1) is 0 Å². The van der Waals surface area contributed by atoms with Gasteiger partial charge in [0.15, 0.2) is 0 Å². The summed E-state index contributed by atoms with van der Waals surface area (Å²) in [7, 11) is 0. The van der Waals surface area contributed by atoms with Gasteiger partial charge in [0.1, 0.15) is 5.82 Å². The first-order valence-corrected chi connectivity index (χ1v) is 9.33. The van der Waals surface area contributed by atoms with Crippen LogP contribution in [0.4, 0.5) is 19.0 Å². The van der Waals surface area contributed by atoms with E-state index in [0.717, 1.165) is 11.6 Å². The normalized spacial score (nSPS) is 17.6. The molecule has 1 aliphatic rings. The number of aromatic nitrogens is 3. The van der Waals surface area contributed by atoms with Gasteiger partial charge in [0, 0.05) is 37.0 Å². The Kier molecular flexibility index (Phi) is 5.04. The van der Waals surface area contributed by atoms with E-state index in [1.165, 1.54) is 6.07 Å². The van der Waals surface area contributed by atoms with Gasteiger partial charge in [-0.05, 0) is 42.2 Å². The number of aromatic amines is 1. The van der Waals surface area contributed by atoms with Crippen LogP contribution in [0.1, 0.15) is 29.9 Å². The van der Waals surface area contributed by atoms with Crippen molar-refractivity contribution >= 4 is 23.3 Å². The number of H-pyrrole nitrogens is 1. The number of hydrogen-bond donors (Lipinski definition) is 1. The molecule has 3 aromatic rings. The number of amides is 1. The molecule has 5 nitrogen and oxygen atoms in total. The summed E-state index contributed by atoms with van der Waals surface area (Å²) in [6.45, 7) is 0.380. The third-order valence-corrected chi connectivity index (χ3v) is 5.35. The number of rotatable bonds is 3. The fourth-order valence-corrected chi connectivity index (χ4v) is 3.73. The molecule has 0 spiro atoms. The molecule has 0 saturated carbocycles. The quantitative estimate of drug-likeness (QED) is 0.644. The second-order valence-corrected chi connectivity index (χ2v) is 7.25. The minimum atomic E-state index is -4.53. The molecule has 0 bridgehead atoms. The first-order valence-electron chi connectivity index (χ1n) is 8.96. The number of carbonyl (C=O) groups is 1. The number of benzene rings is 1. The lowest BCUT2D eigenvalue weighted by Gasteiger charge is -2.31. The van der Waals surface area contributed by atoms with Crippen molar-refractivity contribution in [2.75, 3.05) is 11.4 Å². The number of piperidine rings is 1. The second-order valence-electron chi connectivity index (χ2n) is 6.85. The van der Waals surface area contributed by atoms with Crippen molar-refractivity contribution in [1.29, 1.82) is 0 Å². The fourth-order valence-electron chi connectivity index (χ4n) is 3.51. The van der Waals surface area contributed by atoms with Crippen molar-refractivity contribution in [3.05, 3.63) is 64.9 Å². The van der Waals surface area contributed by atoms with Gasteiger partial charge in [-0.3, -0.25) is 19.8 Å². The van der Waals surface area contributed by atoms with E-state index >= 15 is 0 Å². The molecule has 9 heteroatoms. The number of anilines is 1. The standard InChI is InChI=1S/C20H16ClF3N4O/c21-16-2-1-13(9-15(16)20(22,23)24)14-5-8-28(19(29)10-14)18-11-17(26-27-18)12-3-6-25-7-4-12/h1-4,6-7,9,11,14H,5,8,10H2,(H,26,27). The molecule has 1 unspecified atom stereocenters. The van der Waals surface area contributed by atoms with E-state index in [0.29, 0.717) is 30.0 Å². The van der Waals surface area contributed by atoms with Gasteiger partial charge in [-0.25, -0.2) is 0 Å². The highest BCUT2D eigenvalue weighted by Crippen LogP contribution is 2.39. The molecule has 0 aliphatic carbocycles. The SMILES string of the molecule is O=C1CC(c2ccc(Cl)c(C(F)(F)F)c2)CCN1c1cc(-c2ccncc2)n[nH]1. The average Bonchev–Trinajstić information content (AvgIpc) is 3.18. The predicted molar refractivity (Wildman–Crippen MR) is 103 cm³/mol. The maximum Gasteiger partial charge on any atom is 0.417 e. The molecule has 4 rings (SSSR count). The minimum Gasteiger partial charge on any atom is -0.297 e. The van der Waals surface area contributed by atoms with E-state index in [-0.39, 0.29) is 23.3 Å². The monoisotopic (exact) mass is 420 g/mol. The van der Waals surface area contributed by atoms with Gasteiger partial charge in [0.05, 0.1) is 16.3 Å². The van der Waals surface area contributed by atoms with Crippen LogP contribution in [0.3, 0.4) is 0 Å². The van der Waals surface area contributed by atoms with E-state index in [2.05, 4.69) is 15.2 Å². The molecular weight excluding hydrogens is 405 g/mol. The molecule has 2 aromatic heterocycles. The molecule has 29 heavy (non-hydrogen) atoms. The highest BCUT2D eigenvalue weighted by molar-refractivity contribution is 6.31. The predicted octanol–water partition coefficient (Wildman–Crippen LogP) is 5.05. The van der Waals surface area contributed by atoms with Crippen molar-refractivity contribution in [2.24, 2.45) is 0 Å². The van der Waals surface area contributed by atoms with E-state index in [1.807, 2.05) is 12.1 Å². The highest BCUT2D eigenvalue weighted by atomic mass is 35.5. The second kappa shape index (κ2) is 7.51. The zero-order valence-electron chi connectivity index (χ0n) is 15.1. The largest absolute Gasteiger partial charge is 0.417 e. The van der Waals surface area contributed by atoms with Crippen LogP contribution >= 0.6 is 11.6 Å². The van der Waals surface area contributed by atoms with E-state index in [1.54, 1.807) is 29.4 Å². The van der Waals surface area contributed by atoms with Crippen molar-refractivity contribution < 1.29 is 18.0 Å². The molecule has 0 radical (unpaired) electrons. The van der Waals surface area contributed by atoms with Crippen LogP contribution in [-0.4, -0.2) is 27.6 Å². The number of halogens is 4. The number of pyridine rings is 1. The summed E-state index contributed by atoms with van der Waals surface area (Å²) >= 11 is 5.69. The van der Waals surface area contributed by atoms with Crippen LogP contribution in [-0.2, 0) is 11.0 Å². The molecule has 1 saturated heterocycles. The molecule has 3 heterocycles. The van der Waals surface area contributed by atoms with Gasteiger partial charge < -0.3 is 0 Å². The maximum atomic E-state index is 13.1. The Bertz CT molecular complexity index is 1040. The number of alkyl halides is 3. The first kappa shape index (κ1) is 19.4. The van der Waals surface area contributed by atoms with Crippen molar-refractivity contribution in [3.63, 3.8) is 0 Å². The number of nitrogens with zero attached hydrogens (tertiary/aromatic N) is 3. The highest BCUT2D eigenvalue weighted by Gasteiger charge is 2.35. The van der Waals surface area contributed by atoms with Crippen LogP contribution < -0.4 is 4.90 Å². The minimum absolute atomic E-state index is 0.114. The first-order chi connectivity index (χ1) is 13.8. The lowest BCUT2D eigenvalue weighted by atomic mass is 9.88. The Labute approximate surface area is 169 Å². The molecule has 1 aromatic carbocycles. The summed E-state index contributed by atoms with van der Waals surface area (Å²) < 4.78 is 39.4. The third-order valence-electron chi connectivity index (χ3n) is 5.02. The van der Waals surface area contributed by atoms with Crippen molar-refractivity contribution in [2.45, 2.75) is 24.9 Å². The van der Waals surface area contributed by atoms with Gasteiger partial charge in [0.25, 0.3) is 0 Å². The van der Waals surface area contributed by atoms with Gasteiger partial charge in [0.2, 0.25) is 5.91 Å². The Balaban J connectivity index is 1.51. The molecular formula is C20H16ClF3N4O. The summed E-state index contributed by atoms with van der Waals surface area (Å²) in [5.41, 5.74) is 1.15. The van der Waals surface area contributed by atoms with Gasteiger partial charge in [-0.15, -0.1) is 0 Å². The lowest BCUT2D eigenvalue weighted by molar-refractivity contribution is -0.137. The van der Waals surface area contributed by atoms with Crippen LogP contribution in [0.15, 0.2) is 48.8 Å². The van der Waals surface area contributed by atoms with Gasteiger partial charge in [-0.2, -0.15) is 18.3 Å². The number of hydrogen-bond acceptors (Lipinski definition) is 3. The van der Waals surface area contributed by atoms with Crippen LogP contribution in [0.5, 0.6) is 0 Å².